The number of hydrogen-bond acceptors (Lipinski definition) is 8. The Morgan fingerprint density at radius 3 is 2.65 bits per heavy atom. The zero-order valence-corrected chi connectivity index (χ0v) is 20.1. The third-order valence-electron chi connectivity index (χ3n) is 5.69. The Hall–Kier alpha value is -4.31. The lowest BCUT2D eigenvalue weighted by molar-refractivity contribution is -0.274. The molecule has 13 heteroatoms. The summed E-state index contributed by atoms with van der Waals surface area (Å²) in [5, 5.41) is 16.2. The first-order valence-electron chi connectivity index (χ1n) is 11.3. The number of methoxy groups -OCH3 is 1. The van der Waals surface area contributed by atoms with Crippen molar-refractivity contribution in [1.29, 1.82) is 5.26 Å². The smallest absolute Gasteiger partial charge is 0.479 e. The molecule has 37 heavy (non-hydrogen) atoms. The molecule has 0 aliphatic carbocycles. The molecule has 1 fully saturated rings. The standard InChI is InChI=1S/C24H24F3N7O3/c1-32-15-19(23(31-32)36-2)22(35)30-20-11-17(12-28)13-29-21(20)34-8-6-33(7-9-34)14-16-4-3-5-18(10-16)37-24(25,26)27/h3-5,10-11,13,15H,6-9,14H2,1-2H3,(H,30,35). The summed E-state index contributed by atoms with van der Waals surface area (Å²) in [5.41, 5.74) is 1.60. The van der Waals surface area contributed by atoms with Crippen molar-refractivity contribution >= 4 is 17.4 Å². The van der Waals surface area contributed by atoms with Crippen LogP contribution in [0.1, 0.15) is 21.5 Å². The van der Waals surface area contributed by atoms with Crippen molar-refractivity contribution in [2.75, 3.05) is 43.5 Å². The van der Waals surface area contributed by atoms with Crippen LogP contribution in [0.3, 0.4) is 0 Å². The molecular formula is C24H24F3N7O3. The number of benzene rings is 1. The maximum Gasteiger partial charge on any atom is 0.573 e. The molecule has 0 radical (unpaired) electrons. The minimum atomic E-state index is -4.74. The number of carbonyl (C=O) groups excluding carboxylic acids is 1. The first-order chi connectivity index (χ1) is 17.6. The molecule has 4 rings (SSSR count). The second-order valence-electron chi connectivity index (χ2n) is 8.35. The van der Waals surface area contributed by atoms with Crippen LogP contribution in [-0.4, -0.2) is 65.2 Å². The molecule has 1 amide bonds. The van der Waals surface area contributed by atoms with E-state index in [0.29, 0.717) is 49.8 Å². The van der Waals surface area contributed by atoms with Crippen LogP contribution >= 0.6 is 0 Å². The average Bonchev–Trinajstić information content (AvgIpc) is 3.24. The molecule has 3 heterocycles. The van der Waals surface area contributed by atoms with E-state index in [4.69, 9.17) is 4.74 Å². The van der Waals surface area contributed by atoms with E-state index < -0.39 is 12.3 Å². The Labute approximate surface area is 210 Å². The molecule has 194 valence electrons. The van der Waals surface area contributed by atoms with Gasteiger partial charge in [-0.1, -0.05) is 12.1 Å². The summed E-state index contributed by atoms with van der Waals surface area (Å²) in [6.45, 7) is 2.77. The number of ether oxygens (including phenoxy) is 2. The molecule has 2 aromatic heterocycles. The molecule has 1 aromatic carbocycles. The van der Waals surface area contributed by atoms with E-state index in [9.17, 15) is 23.2 Å². The van der Waals surface area contributed by atoms with Gasteiger partial charge >= 0.3 is 6.36 Å². The predicted octanol–water partition coefficient (Wildman–Crippen LogP) is 3.17. The van der Waals surface area contributed by atoms with Gasteiger partial charge in [0.1, 0.15) is 17.4 Å². The van der Waals surface area contributed by atoms with Crippen LogP contribution in [0.4, 0.5) is 24.7 Å². The van der Waals surface area contributed by atoms with Crippen LogP contribution in [0.25, 0.3) is 0 Å². The van der Waals surface area contributed by atoms with Gasteiger partial charge < -0.3 is 19.7 Å². The highest BCUT2D eigenvalue weighted by molar-refractivity contribution is 6.07. The van der Waals surface area contributed by atoms with Crippen LogP contribution in [0.15, 0.2) is 42.7 Å². The number of carbonyl (C=O) groups is 1. The Balaban J connectivity index is 1.45. The number of rotatable bonds is 7. The highest BCUT2D eigenvalue weighted by Crippen LogP contribution is 2.28. The number of pyridine rings is 1. The predicted molar refractivity (Wildman–Crippen MR) is 127 cm³/mol. The van der Waals surface area contributed by atoms with Gasteiger partial charge in [-0.15, -0.1) is 18.3 Å². The van der Waals surface area contributed by atoms with Gasteiger partial charge in [-0.2, -0.15) is 5.26 Å². The van der Waals surface area contributed by atoms with Crippen molar-refractivity contribution in [3.05, 3.63) is 59.4 Å². The number of alkyl halides is 3. The maximum absolute atomic E-state index is 12.9. The van der Waals surface area contributed by atoms with Crippen molar-refractivity contribution in [2.24, 2.45) is 7.05 Å². The van der Waals surface area contributed by atoms with Gasteiger partial charge in [0.05, 0.1) is 18.4 Å². The fraction of sp³-hybridized carbons (Fsp3) is 0.333. The molecule has 0 unspecified atom stereocenters. The molecule has 1 aliphatic rings. The van der Waals surface area contributed by atoms with E-state index >= 15 is 0 Å². The molecule has 0 atom stereocenters. The van der Waals surface area contributed by atoms with Crippen LogP contribution < -0.4 is 19.7 Å². The zero-order chi connectivity index (χ0) is 26.6. The quantitative estimate of drug-likeness (QED) is 0.511. The molecule has 1 aliphatic heterocycles. The van der Waals surface area contributed by atoms with Gasteiger partial charge in [0.15, 0.2) is 5.82 Å². The maximum atomic E-state index is 12.9. The minimum Gasteiger partial charge on any atom is -0.479 e. The van der Waals surface area contributed by atoms with E-state index in [0.717, 1.165) is 0 Å². The number of anilines is 2. The topological polar surface area (TPSA) is 109 Å². The minimum absolute atomic E-state index is 0.171. The SMILES string of the molecule is COc1nn(C)cc1C(=O)Nc1cc(C#N)cnc1N1CCN(Cc2cccc(OC(F)(F)F)c2)CC1. The first kappa shape index (κ1) is 25.8. The molecule has 1 N–H and O–H groups in total. The Kier molecular flexibility index (Phi) is 7.49. The lowest BCUT2D eigenvalue weighted by Gasteiger charge is -2.36. The fourth-order valence-corrected chi connectivity index (χ4v) is 4.04. The van der Waals surface area contributed by atoms with E-state index in [-0.39, 0.29) is 22.8 Å². The number of nitrogens with one attached hydrogen (secondary N) is 1. The number of aromatic nitrogens is 3. The Bertz CT molecular complexity index is 1310. The van der Waals surface area contributed by atoms with Gasteiger partial charge in [-0.3, -0.25) is 14.4 Å². The summed E-state index contributed by atoms with van der Waals surface area (Å²) in [5.74, 6) is -0.0292. The summed E-state index contributed by atoms with van der Waals surface area (Å²) in [6.07, 6.45) is -1.77. The molecule has 3 aromatic rings. The molecule has 0 bridgehead atoms. The van der Waals surface area contributed by atoms with Crippen LogP contribution in [0, 0.1) is 11.3 Å². The highest BCUT2D eigenvalue weighted by Gasteiger charge is 2.31. The van der Waals surface area contributed by atoms with Crippen molar-refractivity contribution in [3.63, 3.8) is 0 Å². The number of nitrogens with zero attached hydrogens (tertiary/aromatic N) is 6. The van der Waals surface area contributed by atoms with Crippen molar-refractivity contribution < 1.29 is 27.4 Å². The second kappa shape index (κ2) is 10.8. The number of nitriles is 1. The van der Waals surface area contributed by atoms with Crippen molar-refractivity contribution in [1.82, 2.24) is 19.7 Å². The zero-order valence-electron chi connectivity index (χ0n) is 20.1. The molecule has 10 nitrogen and oxygen atoms in total. The van der Waals surface area contributed by atoms with Gasteiger partial charge in [-0.25, -0.2) is 4.98 Å². The average molecular weight is 515 g/mol. The lowest BCUT2D eigenvalue weighted by Crippen LogP contribution is -2.46. The van der Waals surface area contributed by atoms with Gasteiger partial charge in [0.2, 0.25) is 5.88 Å². The number of aryl methyl sites for hydroxylation is 1. The summed E-state index contributed by atoms with van der Waals surface area (Å²) in [4.78, 5) is 21.5. The summed E-state index contributed by atoms with van der Waals surface area (Å²) < 4.78 is 48.2. The van der Waals surface area contributed by atoms with E-state index in [1.807, 2.05) is 11.0 Å². The third-order valence-corrected chi connectivity index (χ3v) is 5.69. The van der Waals surface area contributed by atoms with Gasteiger partial charge in [-0.05, 0) is 23.8 Å². The van der Waals surface area contributed by atoms with Crippen molar-refractivity contribution in [2.45, 2.75) is 12.9 Å². The van der Waals surface area contributed by atoms with Gasteiger partial charge in [0.25, 0.3) is 5.91 Å². The Morgan fingerprint density at radius 2 is 1.97 bits per heavy atom. The summed E-state index contributed by atoms with van der Waals surface area (Å²) in [6, 6.07) is 9.50. The number of amides is 1. The normalized spacial score (nSPS) is 14.2. The molecular weight excluding hydrogens is 491 g/mol. The van der Waals surface area contributed by atoms with E-state index in [1.54, 1.807) is 19.2 Å². The fourth-order valence-electron chi connectivity index (χ4n) is 4.04. The van der Waals surface area contributed by atoms with Crippen LogP contribution in [0.5, 0.6) is 11.6 Å². The Morgan fingerprint density at radius 1 is 1.22 bits per heavy atom. The summed E-state index contributed by atoms with van der Waals surface area (Å²) in [7, 11) is 3.09. The van der Waals surface area contributed by atoms with Crippen molar-refractivity contribution in [3.8, 4) is 17.7 Å². The lowest BCUT2D eigenvalue weighted by atomic mass is 10.1. The highest BCUT2D eigenvalue weighted by atomic mass is 19.4. The number of halogens is 3. The first-order valence-corrected chi connectivity index (χ1v) is 11.3. The largest absolute Gasteiger partial charge is 0.573 e. The number of hydrogen-bond donors (Lipinski definition) is 1. The molecule has 1 saturated heterocycles. The summed E-state index contributed by atoms with van der Waals surface area (Å²) >= 11 is 0. The van der Waals surface area contributed by atoms with Crippen LogP contribution in [-0.2, 0) is 13.6 Å². The third kappa shape index (κ3) is 6.47. The van der Waals surface area contributed by atoms with E-state index in [2.05, 4.69) is 25.0 Å². The number of piperazine rings is 1. The van der Waals surface area contributed by atoms with Crippen LogP contribution in [0.2, 0.25) is 0 Å². The van der Waals surface area contributed by atoms with Gasteiger partial charge in [0, 0.05) is 52.2 Å². The molecule has 0 spiro atoms. The van der Waals surface area contributed by atoms with E-state index in [1.165, 1.54) is 42.4 Å². The monoisotopic (exact) mass is 515 g/mol. The molecule has 0 saturated carbocycles. The second-order valence-corrected chi connectivity index (χ2v) is 8.35.